The molecule has 3 nitrogen and oxygen atoms in total. The smallest absolute Gasteiger partial charge is 0.0702 e. The Kier molecular flexibility index (Phi) is 4.83. The van der Waals surface area contributed by atoms with Crippen LogP contribution in [0.5, 0.6) is 0 Å². The van der Waals surface area contributed by atoms with Crippen molar-refractivity contribution >= 4 is 0 Å². The van der Waals surface area contributed by atoms with Crippen molar-refractivity contribution in [1.82, 2.24) is 4.90 Å². The van der Waals surface area contributed by atoms with Crippen molar-refractivity contribution < 1.29 is 4.74 Å². The summed E-state index contributed by atoms with van der Waals surface area (Å²) in [5, 5.41) is 0. The molecule has 100 valence electrons. The number of ether oxygens (including phenoxy) is 1. The lowest BCUT2D eigenvalue weighted by Crippen LogP contribution is -2.44. The van der Waals surface area contributed by atoms with Crippen LogP contribution in [-0.2, 0) is 4.74 Å². The first-order valence-electron chi connectivity index (χ1n) is 7.24. The van der Waals surface area contributed by atoms with Crippen LogP contribution in [0.4, 0.5) is 0 Å². The third-order valence-electron chi connectivity index (χ3n) is 4.49. The van der Waals surface area contributed by atoms with Crippen LogP contribution in [0.25, 0.3) is 0 Å². The van der Waals surface area contributed by atoms with Crippen molar-refractivity contribution in [2.75, 3.05) is 33.3 Å². The van der Waals surface area contributed by atoms with Gasteiger partial charge in [-0.3, -0.25) is 0 Å². The fourth-order valence-electron chi connectivity index (χ4n) is 3.50. The topological polar surface area (TPSA) is 38.5 Å². The first-order chi connectivity index (χ1) is 8.24. The van der Waals surface area contributed by atoms with Gasteiger partial charge in [0.2, 0.25) is 0 Å². The van der Waals surface area contributed by atoms with Gasteiger partial charge >= 0.3 is 0 Å². The molecular weight excluding hydrogens is 212 g/mol. The molecule has 1 unspecified atom stereocenters. The van der Waals surface area contributed by atoms with Crippen LogP contribution in [0.1, 0.15) is 44.9 Å². The van der Waals surface area contributed by atoms with Crippen molar-refractivity contribution in [3.8, 4) is 0 Å². The van der Waals surface area contributed by atoms with Crippen molar-refractivity contribution in [1.29, 1.82) is 0 Å². The number of hydrogen-bond donors (Lipinski definition) is 1. The minimum Gasteiger partial charge on any atom is -0.377 e. The number of nitrogens with zero attached hydrogens (tertiary/aromatic N) is 1. The summed E-state index contributed by atoms with van der Waals surface area (Å²) in [6, 6.07) is 0. The van der Waals surface area contributed by atoms with E-state index in [9.17, 15) is 0 Å². The normalized spacial score (nSPS) is 28.8. The Bertz CT molecular complexity index is 220. The van der Waals surface area contributed by atoms with Crippen LogP contribution in [0.3, 0.4) is 0 Å². The number of rotatable bonds is 5. The molecule has 1 atom stereocenters. The third kappa shape index (κ3) is 3.67. The van der Waals surface area contributed by atoms with Gasteiger partial charge in [-0.2, -0.15) is 0 Å². The van der Waals surface area contributed by atoms with Crippen LogP contribution in [-0.4, -0.2) is 44.3 Å². The lowest BCUT2D eigenvalue weighted by Gasteiger charge is -2.39. The summed E-state index contributed by atoms with van der Waals surface area (Å²) in [5.74, 6) is 0. The van der Waals surface area contributed by atoms with E-state index >= 15 is 0 Å². The Hall–Kier alpha value is -0.120. The number of nitrogens with two attached hydrogens (primary N) is 1. The second kappa shape index (κ2) is 6.17. The van der Waals surface area contributed by atoms with Gasteiger partial charge in [0.1, 0.15) is 0 Å². The molecule has 0 spiro atoms. The van der Waals surface area contributed by atoms with Gasteiger partial charge in [-0.1, -0.05) is 19.3 Å². The Morgan fingerprint density at radius 2 is 2.00 bits per heavy atom. The van der Waals surface area contributed by atoms with Crippen LogP contribution in [0, 0.1) is 5.41 Å². The fourth-order valence-corrected chi connectivity index (χ4v) is 3.50. The Balaban J connectivity index is 1.80. The summed E-state index contributed by atoms with van der Waals surface area (Å²) in [4.78, 5) is 2.45. The molecule has 1 saturated heterocycles. The second-order valence-corrected chi connectivity index (χ2v) is 6.10. The summed E-state index contributed by atoms with van der Waals surface area (Å²) in [5.41, 5.74) is 6.43. The molecule has 2 rings (SSSR count). The predicted octanol–water partition coefficient (Wildman–Crippen LogP) is 2.01. The fraction of sp³-hybridized carbons (Fsp3) is 1.00. The molecule has 0 aromatic heterocycles. The van der Waals surface area contributed by atoms with E-state index in [1.165, 1.54) is 44.9 Å². The van der Waals surface area contributed by atoms with E-state index in [1.54, 1.807) is 0 Å². The van der Waals surface area contributed by atoms with Gasteiger partial charge in [0.25, 0.3) is 0 Å². The van der Waals surface area contributed by atoms with E-state index in [0.717, 1.165) is 26.2 Å². The molecule has 17 heavy (non-hydrogen) atoms. The van der Waals surface area contributed by atoms with E-state index in [0.29, 0.717) is 11.5 Å². The molecule has 0 bridgehead atoms. The molecular formula is C14H28N2O. The van der Waals surface area contributed by atoms with Gasteiger partial charge in [-0.05, 0) is 44.7 Å². The van der Waals surface area contributed by atoms with Gasteiger partial charge in [-0.15, -0.1) is 0 Å². The SMILES string of the molecule is CN(CC1CCCO1)CC1(CN)CCCCC1. The minimum atomic E-state index is 0.394. The zero-order valence-electron chi connectivity index (χ0n) is 11.3. The second-order valence-electron chi connectivity index (χ2n) is 6.10. The molecule has 0 radical (unpaired) electrons. The Morgan fingerprint density at radius 3 is 2.59 bits per heavy atom. The molecule has 1 aliphatic heterocycles. The van der Waals surface area contributed by atoms with Crippen molar-refractivity contribution in [3.63, 3.8) is 0 Å². The standard InChI is InChI=1S/C14H28N2O/c1-16(10-13-6-5-9-17-13)12-14(11-15)7-3-2-4-8-14/h13H,2-12,15H2,1H3. The van der Waals surface area contributed by atoms with Gasteiger partial charge < -0.3 is 15.4 Å². The Labute approximate surface area is 106 Å². The monoisotopic (exact) mass is 240 g/mol. The lowest BCUT2D eigenvalue weighted by atomic mass is 9.73. The van der Waals surface area contributed by atoms with Gasteiger partial charge in [0.15, 0.2) is 0 Å². The zero-order valence-corrected chi connectivity index (χ0v) is 11.3. The largest absolute Gasteiger partial charge is 0.377 e. The minimum absolute atomic E-state index is 0.394. The molecule has 3 heteroatoms. The van der Waals surface area contributed by atoms with E-state index in [-0.39, 0.29) is 0 Å². The van der Waals surface area contributed by atoms with E-state index in [4.69, 9.17) is 10.5 Å². The summed E-state index contributed by atoms with van der Waals surface area (Å²) in [7, 11) is 2.23. The average molecular weight is 240 g/mol. The highest BCUT2D eigenvalue weighted by atomic mass is 16.5. The quantitative estimate of drug-likeness (QED) is 0.799. The highest BCUT2D eigenvalue weighted by Crippen LogP contribution is 2.36. The maximum Gasteiger partial charge on any atom is 0.0702 e. The van der Waals surface area contributed by atoms with Crippen LogP contribution in [0.2, 0.25) is 0 Å². The van der Waals surface area contributed by atoms with Crippen molar-refractivity contribution in [2.45, 2.75) is 51.0 Å². The Morgan fingerprint density at radius 1 is 1.24 bits per heavy atom. The summed E-state index contributed by atoms with van der Waals surface area (Å²) in [6.07, 6.45) is 9.71. The lowest BCUT2D eigenvalue weighted by molar-refractivity contribution is 0.0566. The van der Waals surface area contributed by atoms with E-state index in [1.807, 2.05) is 0 Å². The van der Waals surface area contributed by atoms with Gasteiger partial charge in [0.05, 0.1) is 6.10 Å². The third-order valence-corrected chi connectivity index (χ3v) is 4.49. The summed E-state index contributed by atoms with van der Waals surface area (Å²) < 4.78 is 5.71. The summed E-state index contributed by atoms with van der Waals surface area (Å²) in [6.45, 7) is 4.05. The van der Waals surface area contributed by atoms with E-state index < -0.39 is 0 Å². The van der Waals surface area contributed by atoms with Crippen molar-refractivity contribution in [3.05, 3.63) is 0 Å². The van der Waals surface area contributed by atoms with E-state index in [2.05, 4.69) is 11.9 Å². The maximum atomic E-state index is 6.04. The molecule has 2 N–H and O–H groups in total. The average Bonchev–Trinajstić information content (AvgIpc) is 2.83. The number of likely N-dealkylation sites (N-methyl/N-ethyl adjacent to an activating group) is 1. The van der Waals surface area contributed by atoms with Crippen LogP contribution >= 0.6 is 0 Å². The van der Waals surface area contributed by atoms with Gasteiger partial charge in [0, 0.05) is 19.7 Å². The van der Waals surface area contributed by atoms with Crippen LogP contribution in [0.15, 0.2) is 0 Å². The molecule has 0 amide bonds. The number of hydrogen-bond acceptors (Lipinski definition) is 3. The molecule has 2 fully saturated rings. The zero-order chi connectivity index (χ0) is 12.1. The van der Waals surface area contributed by atoms with Crippen LogP contribution < -0.4 is 5.73 Å². The predicted molar refractivity (Wildman–Crippen MR) is 71.0 cm³/mol. The molecule has 0 aromatic carbocycles. The molecule has 2 aliphatic rings. The molecule has 0 aromatic rings. The highest BCUT2D eigenvalue weighted by Gasteiger charge is 2.32. The molecule has 1 aliphatic carbocycles. The molecule has 1 saturated carbocycles. The molecule has 1 heterocycles. The maximum absolute atomic E-state index is 6.04. The first-order valence-corrected chi connectivity index (χ1v) is 7.24. The van der Waals surface area contributed by atoms with Gasteiger partial charge in [-0.25, -0.2) is 0 Å². The van der Waals surface area contributed by atoms with Crippen molar-refractivity contribution in [2.24, 2.45) is 11.1 Å². The highest BCUT2D eigenvalue weighted by molar-refractivity contribution is 4.86. The summed E-state index contributed by atoms with van der Waals surface area (Å²) >= 11 is 0. The first kappa shape index (κ1) is 13.3.